The van der Waals surface area contributed by atoms with E-state index >= 15 is 0 Å². The minimum absolute atomic E-state index is 0.120. The number of esters is 1. The van der Waals surface area contributed by atoms with Crippen LogP contribution < -0.4 is 14.2 Å². The van der Waals surface area contributed by atoms with E-state index in [0.717, 1.165) is 0 Å². The lowest BCUT2D eigenvalue weighted by atomic mass is 10.2. The maximum atomic E-state index is 12.0. The number of nitriles is 2. The zero-order valence-electron chi connectivity index (χ0n) is 10.6. The molecule has 0 atom stereocenters. The number of hydrogen-bond acceptors (Lipinski definition) is 6. The average Bonchev–Trinajstić information content (AvgIpc) is 2.50. The van der Waals surface area contributed by atoms with Gasteiger partial charge in [0.1, 0.15) is 17.1 Å². The molecule has 0 amide bonds. The fourth-order valence-corrected chi connectivity index (χ4v) is 1.56. The smallest absolute Gasteiger partial charge is 0.347 e. The molecule has 2 aromatic carbocycles. The summed E-state index contributed by atoms with van der Waals surface area (Å²) in [5.41, 5.74) is 0.136. The largest absolute Gasteiger partial charge is 0.423 e. The molecule has 102 valence electrons. The fraction of sp³-hybridized carbons (Fsp3) is 0. The first-order valence-electron chi connectivity index (χ1n) is 5.77. The monoisotopic (exact) mass is 280 g/mol. The molecule has 0 aliphatic carbocycles. The zero-order valence-corrected chi connectivity index (χ0v) is 10.6. The van der Waals surface area contributed by atoms with Gasteiger partial charge in [-0.15, -0.1) is 10.5 Å². The lowest BCUT2D eigenvalue weighted by Crippen LogP contribution is -2.09. The van der Waals surface area contributed by atoms with E-state index in [1.54, 1.807) is 12.1 Å². The summed E-state index contributed by atoms with van der Waals surface area (Å²) in [4.78, 5) is 12.0. The molecule has 0 radical (unpaired) electrons. The van der Waals surface area contributed by atoms with Crippen molar-refractivity contribution in [1.29, 1.82) is 10.5 Å². The molecule has 0 saturated heterocycles. The number of rotatable bonds is 4. The quantitative estimate of drug-likeness (QED) is 0.485. The topological polar surface area (TPSA) is 92.3 Å². The van der Waals surface area contributed by atoms with Crippen LogP contribution in [0.2, 0.25) is 0 Å². The summed E-state index contributed by atoms with van der Waals surface area (Å²) in [6, 6.07) is 12.2. The van der Waals surface area contributed by atoms with Crippen LogP contribution in [0.1, 0.15) is 10.4 Å². The van der Waals surface area contributed by atoms with E-state index in [1.165, 1.54) is 48.9 Å². The third-order valence-corrected chi connectivity index (χ3v) is 2.46. The molecule has 0 saturated carbocycles. The van der Waals surface area contributed by atoms with Crippen molar-refractivity contribution >= 4 is 5.97 Å². The van der Waals surface area contributed by atoms with Gasteiger partial charge >= 0.3 is 5.97 Å². The molecule has 0 spiro atoms. The SMILES string of the molecule is N#COc1ccc(OC(=O)c2ccccc2OC#N)cc1. The van der Waals surface area contributed by atoms with Crippen LogP contribution in [0.25, 0.3) is 0 Å². The van der Waals surface area contributed by atoms with Gasteiger partial charge in [-0.25, -0.2) is 4.79 Å². The van der Waals surface area contributed by atoms with Crippen LogP contribution in [0.5, 0.6) is 17.2 Å². The van der Waals surface area contributed by atoms with Gasteiger partial charge in [0.2, 0.25) is 0 Å². The van der Waals surface area contributed by atoms with Crippen LogP contribution in [-0.2, 0) is 0 Å². The summed E-state index contributed by atoms with van der Waals surface area (Å²) in [7, 11) is 0. The van der Waals surface area contributed by atoms with Crippen LogP contribution in [0.4, 0.5) is 0 Å². The number of nitrogens with zero attached hydrogens (tertiary/aromatic N) is 2. The van der Waals surface area contributed by atoms with Crippen molar-refractivity contribution < 1.29 is 19.0 Å². The van der Waals surface area contributed by atoms with Crippen LogP contribution in [-0.4, -0.2) is 5.97 Å². The Hall–Kier alpha value is -3.51. The first-order chi connectivity index (χ1) is 10.2. The predicted molar refractivity (Wildman–Crippen MR) is 70.3 cm³/mol. The third-order valence-electron chi connectivity index (χ3n) is 2.46. The Balaban J connectivity index is 2.15. The molecule has 0 aliphatic heterocycles. The van der Waals surface area contributed by atoms with E-state index in [2.05, 4.69) is 4.74 Å². The first kappa shape index (κ1) is 13.9. The molecule has 0 aliphatic rings. The Morgan fingerprint density at radius 1 is 0.857 bits per heavy atom. The molecule has 2 rings (SSSR count). The lowest BCUT2D eigenvalue weighted by molar-refractivity contribution is 0.0732. The second-order valence-corrected chi connectivity index (χ2v) is 3.74. The van der Waals surface area contributed by atoms with E-state index in [9.17, 15) is 4.79 Å². The van der Waals surface area contributed by atoms with Crippen LogP contribution in [0, 0.1) is 23.0 Å². The third kappa shape index (κ3) is 3.49. The van der Waals surface area contributed by atoms with Gasteiger partial charge in [0, 0.05) is 0 Å². The molecule has 6 nitrogen and oxygen atoms in total. The molecule has 21 heavy (non-hydrogen) atoms. The van der Waals surface area contributed by atoms with Crippen LogP contribution in [0.3, 0.4) is 0 Å². The maximum absolute atomic E-state index is 12.0. The highest BCUT2D eigenvalue weighted by molar-refractivity contribution is 5.94. The van der Waals surface area contributed by atoms with Gasteiger partial charge in [0.25, 0.3) is 12.5 Å². The van der Waals surface area contributed by atoms with Crippen molar-refractivity contribution in [2.24, 2.45) is 0 Å². The van der Waals surface area contributed by atoms with Gasteiger partial charge in [-0.05, 0) is 36.4 Å². The van der Waals surface area contributed by atoms with Crippen molar-refractivity contribution in [3.8, 4) is 29.8 Å². The van der Waals surface area contributed by atoms with Gasteiger partial charge in [0.05, 0.1) is 0 Å². The normalized spacial score (nSPS) is 9.05. The average molecular weight is 280 g/mol. The second kappa shape index (κ2) is 6.60. The van der Waals surface area contributed by atoms with Gasteiger partial charge in [-0.2, -0.15) is 0 Å². The number of ether oxygens (including phenoxy) is 3. The number of para-hydroxylation sites is 1. The number of carbonyl (C=O) groups is 1. The molecular formula is C15H8N2O4. The highest BCUT2D eigenvalue weighted by atomic mass is 16.5. The summed E-state index contributed by atoms with van der Waals surface area (Å²) in [6.07, 6.45) is 3.05. The molecular weight excluding hydrogens is 272 g/mol. The van der Waals surface area contributed by atoms with E-state index < -0.39 is 5.97 Å². The Labute approximate surface area is 120 Å². The Morgan fingerprint density at radius 3 is 2.14 bits per heavy atom. The maximum Gasteiger partial charge on any atom is 0.347 e. The fourth-order valence-electron chi connectivity index (χ4n) is 1.56. The van der Waals surface area contributed by atoms with E-state index in [4.69, 9.17) is 20.0 Å². The van der Waals surface area contributed by atoms with Crippen molar-refractivity contribution in [2.45, 2.75) is 0 Å². The minimum atomic E-state index is -0.658. The van der Waals surface area contributed by atoms with Gasteiger partial charge in [-0.1, -0.05) is 12.1 Å². The van der Waals surface area contributed by atoms with Crippen molar-refractivity contribution in [2.75, 3.05) is 0 Å². The Morgan fingerprint density at radius 2 is 1.48 bits per heavy atom. The molecule has 2 aromatic rings. The molecule has 0 aromatic heterocycles. The summed E-state index contributed by atoms with van der Waals surface area (Å²) >= 11 is 0. The highest BCUT2D eigenvalue weighted by Crippen LogP contribution is 2.22. The van der Waals surface area contributed by atoms with Gasteiger partial charge < -0.3 is 14.2 Å². The highest BCUT2D eigenvalue weighted by Gasteiger charge is 2.14. The van der Waals surface area contributed by atoms with Crippen molar-refractivity contribution in [3.63, 3.8) is 0 Å². The first-order valence-corrected chi connectivity index (χ1v) is 5.77. The van der Waals surface area contributed by atoms with Gasteiger partial charge in [-0.3, -0.25) is 0 Å². The lowest BCUT2D eigenvalue weighted by Gasteiger charge is -2.07. The van der Waals surface area contributed by atoms with Gasteiger partial charge in [0.15, 0.2) is 5.75 Å². The van der Waals surface area contributed by atoms with Crippen molar-refractivity contribution in [1.82, 2.24) is 0 Å². The molecule has 0 fully saturated rings. The number of hydrogen-bond donors (Lipinski definition) is 0. The van der Waals surface area contributed by atoms with E-state index in [-0.39, 0.29) is 17.1 Å². The summed E-state index contributed by atoms with van der Waals surface area (Å²) < 4.78 is 14.5. The summed E-state index contributed by atoms with van der Waals surface area (Å²) in [5, 5.41) is 16.9. The Kier molecular flexibility index (Phi) is 4.37. The number of carbonyl (C=O) groups excluding carboxylic acids is 1. The second-order valence-electron chi connectivity index (χ2n) is 3.74. The standard InChI is InChI=1S/C15H8N2O4/c16-9-19-11-5-7-12(8-6-11)21-15(18)13-3-1-2-4-14(13)20-10-17/h1-8H. The molecule has 0 bridgehead atoms. The van der Waals surface area contributed by atoms with Crippen LogP contribution >= 0.6 is 0 Å². The Bertz CT molecular complexity index is 727. The summed E-state index contributed by atoms with van der Waals surface area (Å²) in [6.45, 7) is 0. The molecule has 0 N–H and O–H groups in total. The van der Waals surface area contributed by atoms with Crippen LogP contribution in [0.15, 0.2) is 48.5 Å². The molecule has 0 heterocycles. The number of benzene rings is 2. The van der Waals surface area contributed by atoms with E-state index in [0.29, 0.717) is 5.75 Å². The van der Waals surface area contributed by atoms with Crippen molar-refractivity contribution in [3.05, 3.63) is 54.1 Å². The zero-order chi connectivity index (χ0) is 15.1. The predicted octanol–water partition coefficient (Wildman–Crippen LogP) is 2.63. The summed E-state index contributed by atoms with van der Waals surface area (Å²) in [5.74, 6) is 0.0757. The van der Waals surface area contributed by atoms with E-state index in [1.807, 2.05) is 0 Å². The molecule has 0 unspecified atom stereocenters. The minimum Gasteiger partial charge on any atom is -0.423 e. The molecule has 6 heteroatoms.